The number of carbonyl (C=O) groups is 1. The first-order valence-electron chi connectivity index (χ1n) is 11.9. The van der Waals surface area contributed by atoms with Crippen molar-refractivity contribution in [3.05, 3.63) is 47.9 Å². The Morgan fingerprint density at radius 3 is 2.39 bits per heavy atom. The van der Waals surface area contributed by atoms with Crippen LogP contribution < -0.4 is 4.90 Å². The molecule has 2 fully saturated rings. The summed E-state index contributed by atoms with van der Waals surface area (Å²) in [4.78, 5) is 25.8. The van der Waals surface area contributed by atoms with E-state index in [1.807, 2.05) is 0 Å². The first-order chi connectivity index (χ1) is 16.0. The fraction of sp³-hybridized carbons (Fsp3) is 0.583. The van der Waals surface area contributed by atoms with E-state index >= 15 is 0 Å². The molecule has 9 heteroatoms. The number of piperazine rings is 2. The van der Waals surface area contributed by atoms with Gasteiger partial charge in [-0.05, 0) is 30.7 Å². The van der Waals surface area contributed by atoms with Crippen LogP contribution in [-0.2, 0) is 6.54 Å². The predicted octanol–water partition coefficient (Wildman–Crippen LogP) is 2.05. The summed E-state index contributed by atoms with van der Waals surface area (Å²) < 4.78 is 18.8. The first-order valence-corrected chi connectivity index (χ1v) is 11.9. The van der Waals surface area contributed by atoms with E-state index in [-0.39, 0.29) is 17.8 Å². The van der Waals surface area contributed by atoms with E-state index in [1.54, 1.807) is 17.0 Å². The fourth-order valence-corrected chi connectivity index (χ4v) is 4.51. The van der Waals surface area contributed by atoms with Crippen molar-refractivity contribution in [2.75, 3.05) is 63.8 Å². The molecule has 180 valence electrons. The molecule has 0 bridgehead atoms. The zero-order valence-corrected chi connectivity index (χ0v) is 19.3. The number of hydrogen-bond donors (Lipinski definition) is 1. The van der Waals surface area contributed by atoms with Crippen LogP contribution >= 0.6 is 0 Å². The number of benzene rings is 1. The first kappa shape index (κ1) is 23.7. The molecule has 1 amide bonds. The third-order valence-electron chi connectivity index (χ3n) is 6.44. The molecule has 0 spiro atoms. The number of amides is 1. The van der Waals surface area contributed by atoms with E-state index in [9.17, 15) is 14.3 Å². The quantitative estimate of drug-likeness (QED) is 0.648. The summed E-state index contributed by atoms with van der Waals surface area (Å²) in [6.07, 6.45) is 3.05. The molecule has 1 aromatic heterocycles. The maximum atomic E-state index is 13.1. The lowest BCUT2D eigenvalue weighted by atomic mass is 10.2. The average Bonchev–Trinajstić information content (AvgIpc) is 3.29. The van der Waals surface area contributed by atoms with Gasteiger partial charge in [-0.1, -0.05) is 13.3 Å². The van der Waals surface area contributed by atoms with E-state index < -0.39 is 0 Å². The monoisotopic (exact) mass is 459 g/mol. The molecule has 3 heterocycles. The van der Waals surface area contributed by atoms with Gasteiger partial charge in [0.15, 0.2) is 5.69 Å². The Balaban J connectivity index is 1.22. The predicted molar refractivity (Wildman–Crippen MR) is 124 cm³/mol. The second-order valence-electron chi connectivity index (χ2n) is 8.90. The average molecular weight is 460 g/mol. The van der Waals surface area contributed by atoms with Gasteiger partial charge in [0.05, 0.1) is 12.6 Å². The highest BCUT2D eigenvalue weighted by Gasteiger charge is 2.26. The van der Waals surface area contributed by atoms with Crippen molar-refractivity contribution in [2.24, 2.45) is 0 Å². The van der Waals surface area contributed by atoms with Gasteiger partial charge in [0.2, 0.25) is 5.89 Å². The van der Waals surface area contributed by atoms with Gasteiger partial charge in [-0.25, -0.2) is 9.37 Å². The lowest BCUT2D eigenvalue weighted by Gasteiger charge is -2.35. The van der Waals surface area contributed by atoms with Crippen molar-refractivity contribution in [3.8, 4) is 0 Å². The Bertz CT molecular complexity index is 890. The van der Waals surface area contributed by atoms with Crippen LogP contribution in [0.2, 0.25) is 0 Å². The van der Waals surface area contributed by atoms with Crippen LogP contribution in [-0.4, -0.2) is 95.7 Å². The van der Waals surface area contributed by atoms with Crippen LogP contribution in [0.5, 0.6) is 0 Å². The highest BCUT2D eigenvalue weighted by Crippen LogP contribution is 2.18. The number of rotatable bonds is 8. The molecule has 2 saturated heterocycles. The van der Waals surface area contributed by atoms with Gasteiger partial charge in [0.1, 0.15) is 12.1 Å². The molecule has 0 radical (unpaired) electrons. The van der Waals surface area contributed by atoms with Crippen molar-refractivity contribution >= 4 is 11.6 Å². The Kier molecular flexibility index (Phi) is 7.95. The second-order valence-corrected chi connectivity index (χ2v) is 8.90. The van der Waals surface area contributed by atoms with Crippen LogP contribution in [0.1, 0.15) is 36.1 Å². The van der Waals surface area contributed by atoms with Crippen molar-refractivity contribution in [1.29, 1.82) is 0 Å². The number of hydrogen-bond acceptors (Lipinski definition) is 7. The normalized spacial score (nSPS) is 19.1. The SMILES string of the molecule is CCC[C@@H](O)CN1CCN(Cc2nc(C(=O)N3CCN(c4ccc(F)cc4)CC3)co2)CC1. The van der Waals surface area contributed by atoms with E-state index in [2.05, 4.69) is 26.6 Å². The van der Waals surface area contributed by atoms with Crippen LogP contribution in [0.4, 0.5) is 10.1 Å². The third-order valence-corrected chi connectivity index (χ3v) is 6.44. The summed E-state index contributed by atoms with van der Waals surface area (Å²) in [5, 5.41) is 10.0. The van der Waals surface area contributed by atoms with E-state index in [1.165, 1.54) is 18.4 Å². The molecule has 1 aromatic carbocycles. The molecule has 8 nitrogen and oxygen atoms in total. The standard InChI is InChI=1S/C24H34FN5O3/c1-2-3-21(31)16-27-8-10-28(11-9-27)17-23-26-22(18-33-23)24(32)30-14-12-29(13-15-30)20-6-4-19(25)5-7-20/h4-7,18,21,31H,2-3,8-17H2,1H3/t21-/m1/s1. The number of halogens is 1. The molecule has 1 atom stereocenters. The lowest BCUT2D eigenvalue weighted by Crippen LogP contribution is -2.49. The van der Waals surface area contributed by atoms with E-state index in [0.29, 0.717) is 44.3 Å². The largest absolute Gasteiger partial charge is 0.447 e. The molecule has 2 aromatic rings. The fourth-order valence-electron chi connectivity index (χ4n) is 4.51. The molecule has 33 heavy (non-hydrogen) atoms. The lowest BCUT2D eigenvalue weighted by molar-refractivity contribution is 0.0634. The van der Waals surface area contributed by atoms with Crippen molar-refractivity contribution in [1.82, 2.24) is 19.7 Å². The minimum absolute atomic E-state index is 0.113. The zero-order valence-electron chi connectivity index (χ0n) is 19.3. The van der Waals surface area contributed by atoms with Gasteiger partial charge in [-0.2, -0.15) is 0 Å². The van der Waals surface area contributed by atoms with Gasteiger partial charge in [0.25, 0.3) is 5.91 Å². The Hall–Kier alpha value is -2.49. The van der Waals surface area contributed by atoms with E-state index in [4.69, 9.17) is 4.42 Å². The second kappa shape index (κ2) is 11.1. The van der Waals surface area contributed by atoms with E-state index in [0.717, 1.165) is 51.3 Å². The van der Waals surface area contributed by atoms with Gasteiger partial charge < -0.3 is 19.3 Å². The summed E-state index contributed by atoms with van der Waals surface area (Å²) >= 11 is 0. The number of carbonyl (C=O) groups excluding carboxylic acids is 1. The molecular formula is C24H34FN5O3. The van der Waals surface area contributed by atoms with Gasteiger partial charge in [-0.15, -0.1) is 0 Å². The molecule has 2 aliphatic heterocycles. The highest BCUT2D eigenvalue weighted by molar-refractivity contribution is 5.92. The Labute approximate surface area is 194 Å². The molecule has 0 saturated carbocycles. The Morgan fingerprint density at radius 2 is 1.73 bits per heavy atom. The van der Waals surface area contributed by atoms with Crippen molar-refractivity contribution in [3.63, 3.8) is 0 Å². The molecule has 4 rings (SSSR count). The van der Waals surface area contributed by atoms with Gasteiger partial charge >= 0.3 is 0 Å². The number of aliphatic hydroxyl groups excluding tert-OH is 1. The van der Waals surface area contributed by atoms with Gasteiger partial charge in [0, 0.05) is 64.6 Å². The summed E-state index contributed by atoms with van der Waals surface area (Å²) in [5.41, 5.74) is 1.31. The minimum atomic E-state index is -0.251. The number of aromatic nitrogens is 1. The molecule has 0 unspecified atom stereocenters. The van der Waals surface area contributed by atoms with Crippen molar-refractivity contribution in [2.45, 2.75) is 32.4 Å². The number of oxazole rings is 1. The topological polar surface area (TPSA) is 76.3 Å². The van der Waals surface area contributed by atoms with Crippen LogP contribution in [0.15, 0.2) is 34.9 Å². The molecule has 2 aliphatic rings. The number of aliphatic hydroxyl groups is 1. The highest BCUT2D eigenvalue weighted by atomic mass is 19.1. The molecule has 1 N–H and O–H groups in total. The number of anilines is 1. The smallest absolute Gasteiger partial charge is 0.275 e. The van der Waals surface area contributed by atoms with Crippen molar-refractivity contribution < 1.29 is 18.7 Å². The van der Waals surface area contributed by atoms with Crippen LogP contribution in [0.25, 0.3) is 0 Å². The summed E-state index contributed by atoms with van der Waals surface area (Å²) in [7, 11) is 0. The third kappa shape index (κ3) is 6.31. The minimum Gasteiger partial charge on any atom is -0.447 e. The number of β-amino-alcohol motifs (C(OH)–C–C–N with tert-alkyl or cyclic N) is 1. The maximum Gasteiger partial charge on any atom is 0.275 e. The molecule has 0 aliphatic carbocycles. The van der Waals surface area contributed by atoms with Crippen LogP contribution in [0.3, 0.4) is 0 Å². The van der Waals surface area contributed by atoms with Crippen LogP contribution in [0, 0.1) is 5.82 Å². The van der Waals surface area contributed by atoms with Gasteiger partial charge in [-0.3, -0.25) is 14.6 Å². The molecular weight excluding hydrogens is 425 g/mol. The summed E-state index contributed by atoms with van der Waals surface area (Å²) in [6.45, 7) is 9.55. The summed E-state index contributed by atoms with van der Waals surface area (Å²) in [5.74, 6) is 0.198. The number of nitrogens with zero attached hydrogens (tertiary/aromatic N) is 5. The zero-order chi connectivity index (χ0) is 23.2. The summed E-state index contributed by atoms with van der Waals surface area (Å²) in [6, 6.07) is 6.45. The Morgan fingerprint density at radius 1 is 1.06 bits per heavy atom. The maximum absolute atomic E-state index is 13.1.